The number of nitrogens with zero attached hydrogens (tertiary/aromatic N) is 1. The van der Waals surface area contributed by atoms with Crippen molar-refractivity contribution in [1.82, 2.24) is 10.2 Å². The maximum atomic E-state index is 11.9. The summed E-state index contributed by atoms with van der Waals surface area (Å²) in [7, 11) is 0. The summed E-state index contributed by atoms with van der Waals surface area (Å²) in [5.74, 6) is 0.857. The molecule has 0 aliphatic carbocycles. The van der Waals surface area contributed by atoms with Gasteiger partial charge >= 0.3 is 0 Å². The van der Waals surface area contributed by atoms with Crippen LogP contribution in [0.25, 0.3) is 0 Å². The molecule has 0 saturated carbocycles. The molecular formula is C10H18N2O. The second kappa shape index (κ2) is 3.66. The first-order chi connectivity index (χ1) is 6.29. The molecule has 0 aromatic rings. The van der Waals surface area contributed by atoms with Gasteiger partial charge in [0.25, 0.3) is 0 Å². The van der Waals surface area contributed by atoms with Gasteiger partial charge < -0.3 is 10.2 Å². The summed E-state index contributed by atoms with van der Waals surface area (Å²) in [6, 6.07) is 0.109. The zero-order valence-corrected chi connectivity index (χ0v) is 8.25. The van der Waals surface area contributed by atoms with Crippen LogP contribution in [0.3, 0.4) is 0 Å². The van der Waals surface area contributed by atoms with Crippen LogP contribution in [0.15, 0.2) is 0 Å². The fourth-order valence-corrected chi connectivity index (χ4v) is 2.30. The summed E-state index contributed by atoms with van der Waals surface area (Å²) in [6.45, 7) is 5.12. The van der Waals surface area contributed by atoms with E-state index < -0.39 is 0 Å². The molecule has 2 aliphatic rings. The average molecular weight is 182 g/mol. The van der Waals surface area contributed by atoms with Gasteiger partial charge in [-0.15, -0.1) is 0 Å². The van der Waals surface area contributed by atoms with Gasteiger partial charge in [-0.2, -0.15) is 0 Å². The lowest BCUT2D eigenvalue weighted by Crippen LogP contribution is -2.44. The van der Waals surface area contributed by atoms with E-state index in [1.807, 2.05) is 4.90 Å². The molecule has 2 atom stereocenters. The predicted molar refractivity (Wildman–Crippen MR) is 51.4 cm³/mol. The largest absolute Gasteiger partial charge is 0.341 e. The first-order valence-electron chi connectivity index (χ1n) is 5.31. The molecule has 3 nitrogen and oxygen atoms in total. The fourth-order valence-electron chi connectivity index (χ4n) is 2.30. The molecule has 0 aromatic carbocycles. The minimum atomic E-state index is 0.109. The van der Waals surface area contributed by atoms with Gasteiger partial charge in [0.15, 0.2) is 0 Å². The summed E-state index contributed by atoms with van der Waals surface area (Å²) in [6.07, 6.45) is 3.52. The van der Waals surface area contributed by atoms with E-state index in [0.717, 1.165) is 26.1 Å². The van der Waals surface area contributed by atoms with Gasteiger partial charge in [-0.25, -0.2) is 0 Å². The summed E-state index contributed by atoms with van der Waals surface area (Å²) in [5, 5.41) is 3.29. The molecule has 2 heterocycles. The summed E-state index contributed by atoms with van der Waals surface area (Å²) in [5.41, 5.74) is 0. The van der Waals surface area contributed by atoms with E-state index in [2.05, 4.69) is 12.2 Å². The van der Waals surface area contributed by atoms with Crippen LogP contribution in [0.4, 0.5) is 0 Å². The molecular weight excluding hydrogens is 164 g/mol. The van der Waals surface area contributed by atoms with E-state index in [1.54, 1.807) is 0 Å². The topological polar surface area (TPSA) is 32.3 Å². The Morgan fingerprint density at radius 1 is 1.38 bits per heavy atom. The third-order valence-corrected chi connectivity index (χ3v) is 3.22. The number of hydrogen-bond donors (Lipinski definition) is 1. The van der Waals surface area contributed by atoms with Crippen LogP contribution in [0, 0.1) is 5.92 Å². The standard InChI is InChI=1S/C10H18N2O/c1-8-4-5-11-9(8)10(13)12-6-2-3-7-12/h8-9,11H,2-7H2,1H3/t8-,9-/m0/s1. The molecule has 1 amide bonds. The zero-order valence-electron chi connectivity index (χ0n) is 8.25. The highest BCUT2D eigenvalue weighted by Gasteiger charge is 2.33. The normalized spacial score (nSPS) is 34.1. The van der Waals surface area contributed by atoms with E-state index in [4.69, 9.17) is 0 Å². The Balaban J connectivity index is 1.95. The number of rotatable bonds is 1. The molecule has 0 unspecified atom stereocenters. The van der Waals surface area contributed by atoms with Crippen molar-refractivity contribution in [3.05, 3.63) is 0 Å². The van der Waals surface area contributed by atoms with Crippen LogP contribution >= 0.6 is 0 Å². The first kappa shape index (κ1) is 9.00. The Kier molecular flexibility index (Phi) is 2.54. The van der Waals surface area contributed by atoms with E-state index in [9.17, 15) is 4.79 Å². The Morgan fingerprint density at radius 3 is 2.62 bits per heavy atom. The monoisotopic (exact) mass is 182 g/mol. The summed E-state index contributed by atoms with van der Waals surface area (Å²) < 4.78 is 0. The third-order valence-electron chi connectivity index (χ3n) is 3.22. The van der Waals surface area contributed by atoms with Crippen LogP contribution in [-0.4, -0.2) is 36.5 Å². The van der Waals surface area contributed by atoms with Crippen molar-refractivity contribution in [3.8, 4) is 0 Å². The van der Waals surface area contributed by atoms with Crippen LogP contribution in [-0.2, 0) is 4.79 Å². The van der Waals surface area contributed by atoms with Crippen LogP contribution in [0.1, 0.15) is 26.2 Å². The van der Waals surface area contributed by atoms with Crippen molar-refractivity contribution >= 4 is 5.91 Å². The van der Waals surface area contributed by atoms with Crippen molar-refractivity contribution < 1.29 is 4.79 Å². The molecule has 2 fully saturated rings. The molecule has 3 heteroatoms. The van der Waals surface area contributed by atoms with Gasteiger partial charge in [0.05, 0.1) is 6.04 Å². The van der Waals surface area contributed by atoms with Crippen LogP contribution in [0.5, 0.6) is 0 Å². The second-order valence-corrected chi connectivity index (χ2v) is 4.23. The molecule has 0 spiro atoms. The van der Waals surface area contributed by atoms with Crippen LogP contribution in [0.2, 0.25) is 0 Å². The highest BCUT2D eigenvalue weighted by Crippen LogP contribution is 2.18. The molecule has 0 radical (unpaired) electrons. The lowest BCUT2D eigenvalue weighted by molar-refractivity contribution is -0.132. The number of carbonyl (C=O) groups excluding carboxylic acids is 1. The van der Waals surface area contributed by atoms with Gasteiger partial charge in [0.1, 0.15) is 0 Å². The third kappa shape index (κ3) is 1.70. The van der Waals surface area contributed by atoms with E-state index in [1.165, 1.54) is 12.8 Å². The molecule has 13 heavy (non-hydrogen) atoms. The van der Waals surface area contributed by atoms with Crippen molar-refractivity contribution in [2.75, 3.05) is 19.6 Å². The maximum absolute atomic E-state index is 11.9. The molecule has 0 bridgehead atoms. The smallest absolute Gasteiger partial charge is 0.239 e. The lowest BCUT2D eigenvalue weighted by atomic mass is 10.0. The van der Waals surface area contributed by atoms with E-state index in [-0.39, 0.29) is 6.04 Å². The molecule has 2 rings (SSSR count). The van der Waals surface area contributed by atoms with Gasteiger partial charge in [-0.05, 0) is 31.7 Å². The number of carbonyl (C=O) groups is 1. The minimum Gasteiger partial charge on any atom is -0.341 e. The maximum Gasteiger partial charge on any atom is 0.239 e. The lowest BCUT2D eigenvalue weighted by Gasteiger charge is -2.22. The molecule has 0 aromatic heterocycles. The highest BCUT2D eigenvalue weighted by atomic mass is 16.2. The minimum absolute atomic E-state index is 0.109. The first-order valence-corrected chi connectivity index (χ1v) is 5.31. The van der Waals surface area contributed by atoms with Crippen molar-refractivity contribution in [2.24, 2.45) is 5.92 Å². The molecule has 1 N–H and O–H groups in total. The van der Waals surface area contributed by atoms with Gasteiger partial charge in [-0.1, -0.05) is 6.92 Å². The average Bonchev–Trinajstić information content (AvgIpc) is 2.72. The number of hydrogen-bond acceptors (Lipinski definition) is 2. The van der Waals surface area contributed by atoms with Crippen molar-refractivity contribution in [3.63, 3.8) is 0 Å². The van der Waals surface area contributed by atoms with E-state index in [0.29, 0.717) is 11.8 Å². The number of amides is 1. The number of likely N-dealkylation sites (tertiary alicyclic amines) is 1. The van der Waals surface area contributed by atoms with Crippen LogP contribution < -0.4 is 5.32 Å². The Bertz CT molecular complexity index is 199. The summed E-state index contributed by atoms with van der Waals surface area (Å²) in [4.78, 5) is 13.9. The highest BCUT2D eigenvalue weighted by molar-refractivity contribution is 5.82. The quantitative estimate of drug-likeness (QED) is 0.644. The molecule has 74 valence electrons. The van der Waals surface area contributed by atoms with Gasteiger partial charge in [-0.3, -0.25) is 4.79 Å². The predicted octanol–water partition coefficient (Wildman–Crippen LogP) is 0.607. The molecule has 2 saturated heterocycles. The van der Waals surface area contributed by atoms with Gasteiger partial charge in [0.2, 0.25) is 5.91 Å². The second-order valence-electron chi connectivity index (χ2n) is 4.23. The zero-order chi connectivity index (χ0) is 9.26. The van der Waals surface area contributed by atoms with E-state index >= 15 is 0 Å². The SMILES string of the molecule is C[C@H]1CCN[C@@H]1C(=O)N1CCCC1. The fraction of sp³-hybridized carbons (Fsp3) is 0.900. The molecule has 2 aliphatic heterocycles. The number of nitrogens with one attached hydrogen (secondary N) is 1. The van der Waals surface area contributed by atoms with Crippen molar-refractivity contribution in [2.45, 2.75) is 32.2 Å². The van der Waals surface area contributed by atoms with Crippen molar-refractivity contribution in [1.29, 1.82) is 0 Å². The Morgan fingerprint density at radius 2 is 2.08 bits per heavy atom. The van der Waals surface area contributed by atoms with Gasteiger partial charge in [0, 0.05) is 13.1 Å². The summed E-state index contributed by atoms with van der Waals surface area (Å²) >= 11 is 0. The Hall–Kier alpha value is -0.570. The Labute approximate surface area is 79.5 Å².